The number of ether oxygens (including phenoxy) is 2. The van der Waals surface area contributed by atoms with Crippen LogP contribution in [-0.2, 0) is 16.1 Å². The highest BCUT2D eigenvalue weighted by Crippen LogP contribution is 2.47. The van der Waals surface area contributed by atoms with Gasteiger partial charge in [0.25, 0.3) is 0 Å². The van der Waals surface area contributed by atoms with Crippen LogP contribution in [0, 0.1) is 0 Å². The SMILES string of the molecule is Nc1cccc(C2OC(CN3CCN(c4ncccn4)CC3)C(c3ccccc3)C(c3ccc(CO)cc3)O2)c1. The first-order valence-electron chi connectivity index (χ1n) is 13.8. The maximum absolute atomic E-state index is 9.62. The van der Waals surface area contributed by atoms with Gasteiger partial charge in [0.2, 0.25) is 5.95 Å². The number of nitrogens with zero attached hydrogens (tertiary/aromatic N) is 4. The van der Waals surface area contributed by atoms with Gasteiger partial charge in [-0.1, -0.05) is 66.7 Å². The minimum Gasteiger partial charge on any atom is -0.399 e. The molecule has 2 aliphatic rings. The molecule has 2 fully saturated rings. The van der Waals surface area contributed by atoms with Gasteiger partial charge in [-0.25, -0.2) is 9.97 Å². The summed E-state index contributed by atoms with van der Waals surface area (Å²) < 4.78 is 13.6. The number of piperazine rings is 1. The molecule has 40 heavy (non-hydrogen) atoms. The van der Waals surface area contributed by atoms with E-state index in [2.05, 4.69) is 56.2 Å². The minimum absolute atomic E-state index is 0.00553. The Morgan fingerprint density at radius 1 is 0.775 bits per heavy atom. The van der Waals surface area contributed by atoms with E-state index in [1.54, 1.807) is 12.4 Å². The van der Waals surface area contributed by atoms with Crippen molar-refractivity contribution in [1.29, 1.82) is 0 Å². The molecule has 206 valence electrons. The summed E-state index contributed by atoms with van der Waals surface area (Å²) in [5.41, 5.74) is 10.8. The fraction of sp³-hybridized carbons (Fsp3) is 0.312. The first-order valence-corrected chi connectivity index (χ1v) is 13.8. The fourth-order valence-corrected chi connectivity index (χ4v) is 5.71. The molecule has 4 atom stereocenters. The van der Waals surface area contributed by atoms with Crippen LogP contribution in [-0.4, -0.2) is 58.8 Å². The summed E-state index contributed by atoms with van der Waals surface area (Å²) in [5, 5.41) is 9.62. The zero-order valence-corrected chi connectivity index (χ0v) is 22.4. The number of aromatic nitrogens is 2. The van der Waals surface area contributed by atoms with Crippen LogP contribution >= 0.6 is 0 Å². The van der Waals surface area contributed by atoms with Crippen molar-refractivity contribution >= 4 is 11.6 Å². The molecule has 3 heterocycles. The van der Waals surface area contributed by atoms with E-state index in [9.17, 15) is 5.11 Å². The Hall–Kier alpha value is -3.82. The summed E-state index contributed by atoms with van der Waals surface area (Å²) in [4.78, 5) is 13.6. The second-order valence-corrected chi connectivity index (χ2v) is 10.4. The van der Waals surface area contributed by atoms with Crippen molar-refractivity contribution in [3.8, 4) is 0 Å². The highest BCUT2D eigenvalue weighted by molar-refractivity contribution is 5.41. The molecule has 8 heteroatoms. The van der Waals surface area contributed by atoms with Gasteiger partial charge in [-0.15, -0.1) is 0 Å². The molecule has 4 aromatic rings. The number of aliphatic hydroxyl groups is 1. The van der Waals surface area contributed by atoms with E-state index in [0.29, 0.717) is 5.69 Å². The number of nitrogen functional groups attached to an aromatic ring is 1. The first kappa shape index (κ1) is 26.4. The molecule has 0 aliphatic carbocycles. The van der Waals surface area contributed by atoms with Crippen molar-refractivity contribution in [2.24, 2.45) is 0 Å². The van der Waals surface area contributed by atoms with E-state index in [0.717, 1.165) is 55.4 Å². The second-order valence-electron chi connectivity index (χ2n) is 10.4. The molecule has 2 saturated heterocycles. The highest BCUT2D eigenvalue weighted by Gasteiger charge is 2.42. The lowest BCUT2D eigenvalue weighted by Gasteiger charge is -2.45. The van der Waals surface area contributed by atoms with Crippen LogP contribution in [0.3, 0.4) is 0 Å². The zero-order chi connectivity index (χ0) is 27.3. The number of aliphatic hydroxyl groups excluding tert-OH is 1. The summed E-state index contributed by atoms with van der Waals surface area (Å²) in [6.45, 7) is 4.25. The van der Waals surface area contributed by atoms with Crippen LogP contribution < -0.4 is 10.6 Å². The first-order chi connectivity index (χ1) is 19.7. The van der Waals surface area contributed by atoms with Crippen molar-refractivity contribution in [2.45, 2.75) is 31.0 Å². The largest absolute Gasteiger partial charge is 0.399 e. The van der Waals surface area contributed by atoms with Gasteiger partial charge in [0.1, 0.15) is 0 Å². The van der Waals surface area contributed by atoms with Gasteiger partial charge >= 0.3 is 0 Å². The number of benzene rings is 3. The van der Waals surface area contributed by atoms with E-state index < -0.39 is 6.29 Å². The van der Waals surface area contributed by atoms with Crippen LogP contribution in [0.15, 0.2) is 97.3 Å². The lowest BCUT2D eigenvalue weighted by atomic mass is 9.83. The molecule has 4 unspecified atom stereocenters. The number of hydrogen-bond acceptors (Lipinski definition) is 8. The number of hydrogen-bond donors (Lipinski definition) is 2. The topological polar surface area (TPSA) is 97.0 Å². The molecule has 0 amide bonds. The summed E-state index contributed by atoms with van der Waals surface area (Å²) in [5.74, 6) is 0.744. The minimum atomic E-state index is -0.560. The average molecular weight is 538 g/mol. The molecule has 0 bridgehead atoms. The Labute approximate surface area is 235 Å². The van der Waals surface area contributed by atoms with Gasteiger partial charge < -0.3 is 25.2 Å². The van der Waals surface area contributed by atoms with Crippen molar-refractivity contribution in [2.75, 3.05) is 43.4 Å². The number of rotatable bonds is 7. The van der Waals surface area contributed by atoms with Crippen LogP contribution in [0.4, 0.5) is 11.6 Å². The van der Waals surface area contributed by atoms with E-state index in [4.69, 9.17) is 15.2 Å². The summed E-state index contributed by atoms with van der Waals surface area (Å²) in [6.07, 6.45) is 2.64. The Morgan fingerprint density at radius 2 is 1.50 bits per heavy atom. The average Bonchev–Trinajstić information content (AvgIpc) is 3.02. The molecule has 8 nitrogen and oxygen atoms in total. The van der Waals surface area contributed by atoms with Crippen molar-refractivity contribution in [1.82, 2.24) is 14.9 Å². The molecule has 3 aromatic carbocycles. The van der Waals surface area contributed by atoms with E-state index >= 15 is 0 Å². The molecule has 3 N–H and O–H groups in total. The maximum Gasteiger partial charge on any atom is 0.225 e. The Bertz CT molecular complexity index is 1360. The predicted molar refractivity (Wildman–Crippen MR) is 155 cm³/mol. The summed E-state index contributed by atoms with van der Waals surface area (Å²) in [6, 6.07) is 28.1. The normalized spacial score (nSPS) is 23.7. The zero-order valence-electron chi connectivity index (χ0n) is 22.4. The van der Waals surface area contributed by atoms with Crippen molar-refractivity contribution in [3.63, 3.8) is 0 Å². The second kappa shape index (κ2) is 12.1. The van der Waals surface area contributed by atoms with Crippen LogP contribution in [0.5, 0.6) is 0 Å². The van der Waals surface area contributed by atoms with Gasteiger partial charge in [-0.3, -0.25) is 4.90 Å². The lowest BCUT2D eigenvalue weighted by Crippen LogP contribution is -2.51. The standard InChI is InChI=1S/C32H35N5O3/c33-27-9-4-8-26(20-27)31-39-28(21-36-16-18-37(19-17-36)32-34-14-5-15-35-32)29(24-6-2-1-3-7-24)30(40-31)25-12-10-23(22-38)11-13-25/h1-15,20,28-31,38H,16-19,21-22,33H2. The molecule has 6 rings (SSSR count). The smallest absolute Gasteiger partial charge is 0.225 e. The summed E-state index contributed by atoms with van der Waals surface area (Å²) in [7, 11) is 0. The van der Waals surface area contributed by atoms with E-state index in [1.807, 2.05) is 48.5 Å². The van der Waals surface area contributed by atoms with E-state index in [1.165, 1.54) is 5.56 Å². The third-order valence-electron chi connectivity index (χ3n) is 7.80. The van der Waals surface area contributed by atoms with Gasteiger partial charge in [0.05, 0.1) is 18.8 Å². The van der Waals surface area contributed by atoms with Crippen LogP contribution in [0.2, 0.25) is 0 Å². The maximum atomic E-state index is 9.62. The van der Waals surface area contributed by atoms with E-state index in [-0.39, 0.29) is 24.7 Å². The lowest BCUT2D eigenvalue weighted by molar-refractivity contribution is -0.263. The Balaban J connectivity index is 1.31. The quantitative estimate of drug-likeness (QED) is 0.337. The van der Waals surface area contributed by atoms with Crippen molar-refractivity contribution < 1.29 is 14.6 Å². The monoisotopic (exact) mass is 537 g/mol. The van der Waals surface area contributed by atoms with Gasteiger partial charge in [-0.05, 0) is 34.9 Å². The third-order valence-corrected chi connectivity index (χ3v) is 7.80. The molecule has 2 aliphatic heterocycles. The molecular weight excluding hydrogens is 502 g/mol. The number of nitrogens with two attached hydrogens (primary N) is 1. The fourth-order valence-electron chi connectivity index (χ4n) is 5.71. The van der Waals surface area contributed by atoms with Gasteiger partial charge in [0.15, 0.2) is 6.29 Å². The molecule has 0 radical (unpaired) electrons. The van der Waals surface area contributed by atoms with Crippen molar-refractivity contribution in [3.05, 3.63) is 120 Å². The molecule has 1 aromatic heterocycles. The summed E-state index contributed by atoms with van der Waals surface area (Å²) >= 11 is 0. The molecule has 0 spiro atoms. The number of anilines is 2. The van der Waals surface area contributed by atoms with Crippen LogP contribution in [0.25, 0.3) is 0 Å². The van der Waals surface area contributed by atoms with Crippen LogP contribution in [0.1, 0.15) is 40.6 Å². The Morgan fingerprint density at radius 3 is 2.20 bits per heavy atom. The Kier molecular flexibility index (Phi) is 8.02. The highest BCUT2D eigenvalue weighted by atomic mass is 16.7. The van der Waals surface area contributed by atoms with Gasteiger partial charge in [0, 0.05) is 62.3 Å². The molecular formula is C32H35N5O3. The third kappa shape index (κ3) is 5.85. The molecule has 0 saturated carbocycles. The van der Waals surface area contributed by atoms with Gasteiger partial charge in [-0.2, -0.15) is 0 Å². The predicted octanol–water partition coefficient (Wildman–Crippen LogP) is 4.31.